The summed E-state index contributed by atoms with van der Waals surface area (Å²) >= 11 is 1.53. The molecule has 1 aliphatic carbocycles. The Balaban J connectivity index is 1.88. The number of rotatable bonds is 2. The van der Waals surface area contributed by atoms with Crippen LogP contribution in [0.3, 0.4) is 0 Å². The fourth-order valence-electron chi connectivity index (χ4n) is 1.32. The van der Waals surface area contributed by atoms with Crippen LogP contribution in [0.25, 0.3) is 4.96 Å². The quantitative estimate of drug-likeness (QED) is 0.806. The van der Waals surface area contributed by atoms with Crippen molar-refractivity contribution < 1.29 is 4.79 Å². The Labute approximate surface area is 84.6 Å². The van der Waals surface area contributed by atoms with Gasteiger partial charge in [-0.15, -0.1) is 11.3 Å². The van der Waals surface area contributed by atoms with Crippen LogP contribution in [-0.2, 0) is 0 Å². The lowest BCUT2D eigenvalue weighted by Gasteiger charge is -1.97. The fraction of sp³-hybridized carbons (Fsp3) is 0.333. The molecule has 1 aliphatic rings. The van der Waals surface area contributed by atoms with Crippen molar-refractivity contribution >= 4 is 22.2 Å². The van der Waals surface area contributed by atoms with Crippen molar-refractivity contribution in [3.05, 3.63) is 23.5 Å². The number of thiazole rings is 1. The van der Waals surface area contributed by atoms with E-state index in [1.807, 2.05) is 16.0 Å². The van der Waals surface area contributed by atoms with E-state index in [0.717, 1.165) is 17.8 Å². The van der Waals surface area contributed by atoms with Crippen LogP contribution in [0.1, 0.15) is 23.3 Å². The third-order valence-corrected chi connectivity index (χ3v) is 3.01. The van der Waals surface area contributed by atoms with Crippen molar-refractivity contribution in [2.24, 2.45) is 0 Å². The lowest BCUT2D eigenvalue weighted by molar-refractivity contribution is 0.0946. The molecule has 4 nitrogen and oxygen atoms in total. The van der Waals surface area contributed by atoms with Gasteiger partial charge in [-0.3, -0.25) is 9.20 Å². The number of imidazole rings is 1. The Bertz CT molecular complexity index is 454. The molecule has 0 aliphatic heterocycles. The topological polar surface area (TPSA) is 46.4 Å². The number of carbonyl (C=O) groups excluding carboxylic acids is 1. The van der Waals surface area contributed by atoms with E-state index in [9.17, 15) is 4.79 Å². The summed E-state index contributed by atoms with van der Waals surface area (Å²) in [5.74, 6) is -0.0524. The number of nitrogens with one attached hydrogen (secondary N) is 1. The summed E-state index contributed by atoms with van der Waals surface area (Å²) in [7, 11) is 0. The molecule has 1 amide bonds. The summed E-state index contributed by atoms with van der Waals surface area (Å²) in [6.07, 6.45) is 5.88. The highest BCUT2D eigenvalue weighted by Crippen LogP contribution is 2.19. The second-order valence-electron chi connectivity index (χ2n) is 3.47. The first kappa shape index (κ1) is 7.99. The molecule has 14 heavy (non-hydrogen) atoms. The molecule has 0 aromatic carbocycles. The summed E-state index contributed by atoms with van der Waals surface area (Å²) in [5, 5.41) is 4.86. The van der Waals surface area contributed by atoms with Gasteiger partial charge in [0.2, 0.25) is 0 Å². The van der Waals surface area contributed by atoms with E-state index in [0.29, 0.717) is 11.7 Å². The molecular weight excluding hydrogens is 198 g/mol. The van der Waals surface area contributed by atoms with E-state index >= 15 is 0 Å². The molecule has 2 heterocycles. The van der Waals surface area contributed by atoms with Crippen molar-refractivity contribution in [3.63, 3.8) is 0 Å². The molecule has 2 aromatic rings. The van der Waals surface area contributed by atoms with Crippen LogP contribution in [0, 0.1) is 0 Å². The second-order valence-corrected chi connectivity index (χ2v) is 4.34. The Morgan fingerprint density at radius 2 is 2.50 bits per heavy atom. The second kappa shape index (κ2) is 2.81. The van der Waals surface area contributed by atoms with Gasteiger partial charge in [0.15, 0.2) is 4.96 Å². The van der Waals surface area contributed by atoms with Gasteiger partial charge < -0.3 is 5.32 Å². The molecule has 0 radical (unpaired) electrons. The van der Waals surface area contributed by atoms with Gasteiger partial charge in [-0.2, -0.15) is 0 Å². The maximum Gasteiger partial charge on any atom is 0.271 e. The molecule has 0 unspecified atom stereocenters. The zero-order valence-corrected chi connectivity index (χ0v) is 8.25. The van der Waals surface area contributed by atoms with Crippen molar-refractivity contribution in [1.29, 1.82) is 0 Å². The minimum atomic E-state index is -0.0524. The first-order valence-electron chi connectivity index (χ1n) is 4.56. The molecule has 5 heteroatoms. The largest absolute Gasteiger partial charge is 0.348 e. The molecule has 72 valence electrons. The number of aromatic nitrogens is 2. The van der Waals surface area contributed by atoms with Crippen molar-refractivity contribution in [2.45, 2.75) is 18.9 Å². The average molecular weight is 207 g/mol. The highest BCUT2D eigenvalue weighted by atomic mass is 32.1. The maximum atomic E-state index is 11.6. The van der Waals surface area contributed by atoms with Gasteiger partial charge in [-0.05, 0) is 12.8 Å². The summed E-state index contributed by atoms with van der Waals surface area (Å²) in [5.41, 5.74) is 0.517. The molecule has 0 bridgehead atoms. The summed E-state index contributed by atoms with van der Waals surface area (Å²) in [4.78, 5) is 16.7. The van der Waals surface area contributed by atoms with E-state index < -0.39 is 0 Å². The first-order chi connectivity index (χ1) is 6.83. The molecular formula is C9H9N3OS. The van der Waals surface area contributed by atoms with Crippen LogP contribution in [0.15, 0.2) is 17.8 Å². The number of fused-ring (bicyclic) bond motifs is 1. The van der Waals surface area contributed by atoms with E-state index in [1.54, 1.807) is 6.20 Å². The van der Waals surface area contributed by atoms with Crippen LogP contribution < -0.4 is 5.32 Å². The molecule has 2 aromatic heterocycles. The zero-order valence-electron chi connectivity index (χ0n) is 7.43. The number of hydrogen-bond acceptors (Lipinski definition) is 3. The lowest BCUT2D eigenvalue weighted by Crippen LogP contribution is -2.25. The monoisotopic (exact) mass is 207 g/mol. The van der Waals surface area contributed by atoms with E-state index in [4.69, 9.17) is 0 Å². The fourth-order valence-corrected chi connectivity index (χ4v) is 2.02. The average Bonchev–Trinajstić information content (AvgIpc) is 2.73. The standard InChI is InChI=1S/C9H9N3OS/c13-8(10-6-1-2-6)7-5-12-3-4-14-9(12)11-7/h3-6H,1-2H2,(H,10,13). The van der Waals surface area contributed by atoms with Gasteiger partial charge >= 0.3 is 0 Å². The number of amides is 1. The number of nitrogens with zero attached hydrogens (tertiary/aromatic N) is 2. The van der Waals surface area contributed by atoms with Crippen molar-refractivity contribution in [2.75, 3.05) is 0 Å². The predicted molar refractivity (Wildman–Crippen MR) is 53.6 cm³/mol. The maximum absolute atomic E-state index is 11.6. The molecule has 1 saturated carbocycles. The number of carbonyl (C=O) groups is 1. The minimum Gasteiger partial charge on any atom is -0.348 e. The van der Waals surface area contributed by atoms with Crippen LogP contribution in [-0.4, -0.2) is 21.3 Å². The lowest BCUT2D eigenvalue weighted by atomic mass is 10.4. The molecule has 1 N–H and O–H groups in total. The Hall–Kier alpha value is -1.36. The molecule has 0 saturated heterocycles. The third kappa shape index (κ3) is 1.29. The van der Waals surface area contributed by atoms with Gasteiger partial charge in [-0.25, -0.2) is 4.98 Å². The van der Waals surface area contributed by atoms with E-state index in [1.165, 1.54) is 11.3 Å². The first-order valence-corrected chi connectivity index (χ1v) is 5.44. The zero-order chi connectivity index (χ0) is 9.54. The Kier molecular flexibility index (Phi) is 1.61. The summed E-state index contributed by atoms with van der Waals surface area (Å²) in [6.45, 7) is 0. The van der Waals surface area contributed by atoms with E-state index in [-0.39, 0.29) is 5.91 Å². The smallest absolute Gasteiger partial charge is 0.271 e. The van der Waals surface area contributed by atoms with Crippen LogP contribution >= 0.6 is 11.3 Å². The van der Waals surface area contributed by atoms with E-state index in [2.05, 4.69) is 10.3 Å². The third-order valence-electron chi connectivity index (χ3n) is 2.24. The summed E-state index contributed by atoms with van der Waals surface area (Å²) < 4.78 is 1.87. The van der Waals surface area contributed by atoms with Gasteiger partial charge in [0, 0.05) is 23.8 Å². The SMILES string of the molecule is O=C(NC1CC1)c1cn2ccsc2n1. The molecule has 3 rings (SSSR count). The normalized spacial score (nSPS) is 16.0. The van der Waals surface area contributed by atoms with Crippen molar-refractivity contribution in [3.8, 4) is 0 Å². The number of hydrogen-bond donors (Lipinski definition) is 1. The highest BCUT2D eigenvalue weighted by molar-refractivity contribution is 7.15. The van der Waals surface area contributed by atoms with Crippen LogP contribution in [0.4, 0.5) is 0 Å². The Morgan fingerprint density at radius 1 is 1.64 bits per heavy atom. The Morgan fingerprint density at radius 3 is 3.21 bits per heavy atom. The van der Waals surface area contributed by atoms with Gasteiger partial charge in [0.1, 0.15) is 5.69 Å². The van der Waals surface area contributed by atoms with Gasteiger partial charge in [-0.1, -0.05) is 0 Å². The van der Waals surface area contributed by atoms with Gasteiger partial charge in [0.25, 0.3) is 5.91 Å². The minimum absolute atomic E-state index is 0.0524. The molecule has 1 fully saturated rings. The highest BCUT2D eigenvalue weighted by Gasteiger charge is 2.24. The summed E-state index contributed by atoms with van der Waals surface area (Å²) in [6, 6.07) is 0.391. The van der Waals surface area contributed by atoms with Crippen molar-refractivity contribution in [1.82, 2.24) is 14.7 Å². The van der Waals surface area contributed by atoms with Crippen LogP contribution in [0.5, 0.6) is 0 Å². The molecule has 0 atom stereocenters. The predicted octanol–water partition coefficient (Wildman–Crippen LogP) is 1.29. The van der Waals surface area contributed by atoms with Crippen LogP contribution in [0.2, 0.25) is 0 Å². The molecule has 0 spiro atoms. The van der Waals surface area contributed by atoms with Gasteiger partial charge in [0.05, 0.1) is 0 Å².